The fraction of sp³-hybridized carbons (Fsp3) is 0.316. The summed E-state index contributed by atoms with van der Waals surface area (Å²) in [7, 11) is 1.20. The maximum atomic E-state index is 13.3. The number of carbonyl (C=O) groups excluding carboxylic acids is 1. The van der Waals surface area contributed by atoms with Crippen molar-refractivity contribution in [2.24, 2.45) is 0 Å². The number of aromatic nitrogens is 2. The molecule has 0 amide bonds. The second-order valence-corrected chi connectivity index (χ2v) is 7.75. The zero-order valence-electron chi connectivity index (χ0n) is 14.6. The molecule has 2 heterocycles. The number of benzene rings is 2. The Hall–Kier alpha value is -2.45. The Bertz CT molecular complexity index is 1200. The first-order valence-electron chi connectivity index (χ1n) is 8.46. The summed E-state index contributed by atoms with van der Waals surface area (Å²) in [4.78, 5) is 38.1. The van der Waals surface area contributed by atoms with E-state index < -0.39 is 40.1 Å². The van der Waals surface area contributed by atoms with Crippen molar-refractivity contribution in [3.05, 3.63) is 57.1 Å². The first-order valence-corrected chi connectivity index (χ1v) is 9.38. The van der Waals surface area contributed by atoms with Crippen molar-refractivity contribution in [1.29, 1.82) is 0 Å². The van der Waals surface area contributed by atoms with Crippen LogP contribution < -0.4 is 11.1 Å². The highest BCUT2D eigenvalue weighted by Gasteiger charge is 2.44. The van der Waals surface area contributed by atoms with E-state index in [4.69, 9.17) is 4.74 Å². The highest BCUT2D eigenvalue weighted by molar-refractivity contribution is 9.09. The van der Waals surface area contributed by atoms with Crippen molar-refractivity contribution in [3.63, 3.8) is 0 Å². The fourth-order valence-corrected chi connectivity index (χ4v) is 4.64. The van der Waals surface area contributed by atoms with E-state index in [0.29, 0.717) is 0 Å². The van der Waals surface area contributed by atoms with Gasteiger partial charge in [-0.15, -0.1) is 0 Å². The third-order valence-electron chi connectivity index (χ3n) is 5.21. The number of rotatable bonds is 1. The largest absolute Gasteiger partial charge is 0.467 e. The molecule has 4 rings (SSSR count). The molecule has 0 saturated carbocycles. The van der Waals surface area contributed by atoms with Gasteiger partial charge in [-0.2, -0.15) is 0 Å². The van der Waals surface area contributed by atoms with Crippen molar-refractivity contribution in [2.45, 2.75) is 29.9 Å². The number of aliphatic hydroxyl groups is 1. The van der Waals surface area contributed by atoms with E-state index in [1.54, 1.807) is 19.1 Å². The van der Waals surface area contributed by atoms with Crippen molar-refractivity contribution < 1.29 is 14.6 Å². The second-order valence-electron chi connectivity index (χ2n) is 6.69. The SMILES string of the molecule is COC(=O)[C@@H]1[C@H](Br)[C@@H](O)[C@H](C)n2c(=O)c3cc4ccccc4cc3c(=O)n21. The summed E-state index contributed by atoms with van der Waals surface area (Å²) >= 11 is 3.31. The Kier molecular flexibility index (Phi) is 4.20. The van der Waals surface area contributed by atoms with Crippen LogP contribution in [0.5, 0.6) is 0 Å². The van der Waals surface area contributed by atoms with Crippen LogP contribution >= 0.6 is 15.9 Å². The summed E-state index contributed by atoms with van der Waals surface area (Å²) in [5.41, 5.74) is -0.913. The van der Waals surface area contributed by atoms with Crippen molar-refractivity contribution in [3.8, 4) is 0 Å². The van der Waals surface area contributed by atoms with Gasteiger partial charge in [0.25, 0.3) is 11.1 Å². The van der Waals surface area contributed by atoms with Gasteiger partial charge in [-0.25, -0.2) is 14.2 Å². The lowest BCUT2D eigenvalue weighted by Crippen LogP contribution is -2.56. The second kappa shape index (κ2) is 6.31. The first kappa shape index (κ1) is 17.9. The number of hydrogen-bond acceptors (Lipinski definition) is 5. The summed E-state index contributed by atoms with van der Waals surface area (Å²) < 4.78 is 7.11. The molecule has 0 spiro atoms. The number of ether oxygens (including phenoxy) is 1. The van der Waals surface area contributed by atoms with Crippen LogP contribution in [0.4, 0.5) is 0 Å². The normalized spacial score (nSPS) is 24.7. The lowest BCUT2D eigenvalue weighted by Gasteiger charge is -2.38. The molecule has 27 heavy (non-hydrogen) atoms. The van der Waals surface area contributed by atoms with Gasteiger partial charge in [0.2, 0.25) is 0 Å². The smallest absolute Gasteiger partial charge is 0.332 e. The van der Waals surface area contributed by atoms with E-state index >= 15 is 0 Å². The van der Waals surface area contributed by atoms with Crippen molar-refractivity contribution in [2.75, 3.05) is 7.11 Å². The Labute approximate surface area is 161 Å². The molecular weight excluding hydrogens is 416 g/mol. The van der Waals surface area contributed by atoms with Gasteiger partial charge in [-0.05, 0) is 29.8 Å². The number of fused-ring (bicyclic) bond motifs is 3. The van der Waals surface area contributed by atoms with Crippen LogP contribution in [0.15, 0.2) is 46.0 Å². The molecule has 0 radical (unpaired) electrons. The van der Waals surface area contributed by atoms with E-state index in [2.05, 4.69) is 15.9 Å². The molecule has 7 nitrogen and oxygen atoms in total. The minimum atomic E-state index is -1.16. The minimum absolute atomic E-state index is 0.229. The molecule has 2 aromatic carbocycles. The number of methoxy groups -OCH3 is 1. The summed E-state index contributed by atoms with van der Waals surface area (Å²) in [6, 6.07) is 8.90. The molecule has 1 aliphatic heterocycles. The van der Waals surface area contributed by atoms with Crippen LogP contribution in [0.2, 0.25) is 0 Å². The molecule has 0 bridgehead atoms. The monoisotopic (exact) mass is 432 g/mol. The lowest BCUT2D eigenvalue weighted by molar-refractivity contribution is -0.147. The maximum absolute atomic E-state index is 13.3. The van der Waals surface area contributed by atoms with Crippen LogP contribution in [0, 0.1) is 0 Å². The van der Waals surface area contributed by atoms with Gasteiger partial charge >= 0.3 is 5.97 Å². The Morgan fingerprint density at radius 2 is 1.59 bits per heavy atom. The van der Waals surface area contributed by atoms with Gasteiger partial charge < -0.3 is 9.84 Å². The molecule has 1 aromatic heterocycles. The predicted molar refractivity (Wildman–Crippen MR) is 104 cm³/mol. The van der Waals surface area contributed by atoms with Gasteiger partial charge in [-0.3, -0.25) is 9.59 Å². The summed E-state index contributed by atoms with van der Waals surface area (Å²) in [5, 5.41) is 12.7. The minimum Gasteiger partial charge on any atom is -0.467 e. The van der Waals surface area contributed by atoms with Crippen LogP contribution in [0.3, 0.4) is 0 Å². The van der Waals surface area contributed by atoms with Crippen LogP contribution in [0.25, 0.3) is 21.5 Å². The Morgan fingerprint density at radius 1 is 1.07 bits per heavy atom. The number of hydrogen-bond donors (Lipinski definition) is 1. The van der Waals surface area contributed by atoms with E-state index in [0.717, 1.165) is 15.5 Å². The number of halogens is 1. The van der Waals surface area contributed by atoms with E-state index in [1.807, 2.05) is 24.3 Å². The van der Waals surface area contributed by atoms with Crippen LogP contribution in [-0.2, 0) is 9.53 Å². The van der Waals surface area contributed by atoms with E-state index in [1.165, 1.54) is 11.8 Å². The quantitative estimate of drug-likeness (QED) is 0.359. The molecule has 0 fully saturated rings. The molecule has 0 unspecified atom stereocenters. The Balaban J connectivity index is 2.18. The van der Waals surface area contributed by atoms with Gasteiger partial charge in [0.15, 0.2) is 6.04 Å². The highest BCUT2D eigenvalue weighted by atomic mass is 79.9. The van der Waals surface area contributed by atoms with Crippen molar-refractivity contribution >= 4 is 43.4 Å². The number of carbonyl (C=O) groups is 1. The fourth-order valence-electron chi connectivity index (χ4n) is 3.76. The molecule has 0 saturated heterocycles. The Morgan fingerprint density at radius 3 is 2.11 bits per heavy atom. The topological polar surface area (TPSA) is 90.5 Å². The van der Waals surface area contributed by atoms with E-state index in [9.17, 15) is 19.5 Å². The number of nitrogens with zero attached hydrogens (tertiary/aromatic N) is 2. The first-order chi connectivity index (χ1) is 12.9. The summed E-state index contributed by atoms with van der Waals surface area (Å²) in [5.74, 6) is -0.710. The van der Waals surface area contributed by atoms with Crippen LogP contribution in [0.1, 0.15) is 19.0 Å². The summed E-state index contributed by atoms with van der Waals surface area (Å²) in [6.45, 7) is 1.64. The van der Waals surface area contributed by atoms with Crippen molar-refractivity contribution in [1.82, 2.24) is 9.36 Å². The maximum Gasteiger partial charge on any atom is 0.332 e. The van der Waals surface area contributed by atoms with E-state index in [-0.39, 0.29) is 10.8 Å². The third-order valence-corrected chi connectivity index (χ3v) is 6.25. The van der Waals surface area contributed by atoms with Crippen LogP contribution in [-0.4, -0.2) is 38.5 Å². The molecule has 0 aliphatic carbocycles. The zero-order valence-corrected chi connectivity index (χ0v) is 16.2. The van der Waals surface area contributed by atoms with Gasteiger partial charge in [-0.1, -0.05) is 40.2 Å². The average Bonchev–Trinajstić information content (AvgIpc) is 2.68. The van der Waals surface area contributed by atoms with Gasteiger partial charge in [0.1, 0.15) is 0 Å². The van der Waals surface area contributed by atoms with Gasteiger partial charge in [0, 0.05) is 0 Å². The molecule has 3 aromatic rings. The summed E-state index contributed by atoms with van der Waals surface area (Å²) in [6.07, 6.45) is -1.05. The predicted octanol–water partition coefficient (Wildman–Crippen LogP) is 1.73. The average molecular weight is 433 g/mol. The molecule has 1 N–H and O–H groups in total. The molecule has 1 aliphatic rings. The number of esters is 1. The zero-order chi connectivity index (χ0) is 19.5. The standard InChI is InChI=1S/C19H17BrN2O5/c1-9-16(23)14(20)15(19(26)27-2)22-18(25)13-8-11-6-4-3-5-10(11)7-12(13)17(24)21(9)22/h3-9,14-16,23H,1-2H3/t9-,14-,15-,16-/m0/s1. The number of alkyl halides is 1. The lowest BCUT2D eigenvalue weighted by atomic mass is 9.99. The number of aliphatic hydroxyl groups excluding tert-OH is 1. The molecule has 8 heteroatoms. The van der Waals surface area contributed by atoms with Gasteiger partial charge in [0.05, 0.1) is 34.9 Å². The molecule has 140 valence electrons. The highest BCUT2D eigenvalue weighted by Crippen LogP contribution is 2.33. The third kappa shape index (κ3) is 2.47. The molecule has 4 atom stereocenters. The molecular formula is C19H17BrN2O5.